The van der Waals surface area contributed by atoms with Crippen LogP contribution in [0.3, 0.4) is 0 Å². The highest BCUT2D eigenvalue weighted by molar-refractivity contribution is 5.72. The van der Waals surface area contributed by atoms with E-state index in [-0.39, 0.29) is 11.9 Å². The molecule has 0 fully saturated rings. The monoisotopic (exact) mass is 216 g/mol. The van der Waals surface area contributed by atoms with Crippen LogP contribution in [0.1, 0.15) is 46.5 Å². The van der Waals surface area contributed by atoms with E-state index in [0.29, 0.717) is 12.3 Å². The van der Waals surface area contributed by atoms with Crippen LogP contribution in [0.15, 0.2) is 0 Å². The zero-order valence-corrected chi connectivity index (χ0v) is 10.3. The molecule has 0 aromatic carbocycles. The molecule has 3 nitrogen and oxygen atoms in total. The topological polar surface area (TPSA) is 46.5 Å². The summed E-state index contributed by atoms with van der Waals surface area (Å²) in [5.41, 5.74) is 0. The number of methoxy groups -OCH3 is 1. The van der Waals surface area contributed by atoms with Crippen molar-refractivity contribution in [3.63, 3.8) is 0 Å². The molecule has 0 saturated heterocycles. The molecular weight excluding hydrogens is 192 g/mol. The van der Waals surface area contributed by atoms with Crippen LogP contribution in [0, 0.1) is 11.8 Å². The van der Waals surface area contributed by atoms with E-state index in [1.54, 1.807) is 0 Å². The maximum Gasteiger partial charge on any atom is 0.311 e. The van der Waals surface area contributed by atoms with E-state index < -0.39 is 6.10 Å². The predicted molar refractivity (Wildman–Crippen MR) is 60.5 cm³/mol. The Morgan fingerprint density at radius 3 is 2.40 bits per heavy atom. The molecule has 2 atom stereocenters. The first-order chi connectivity index (χ1) is 7.02. The van der Waals surface area contributed by atoms with Gasteiger partial charge in [-0.3, -0.25) is 4.79 Å². The largest absolute Gasteiger partial charge is 0.469 e. The smallest absolute Gasteiger partial charge is 0.311 e. The van der Waals surface area contributed by atoms with E-state index >= 15 is 0 Å². The van der Waals surface area contributed by atoms with Crippen LogP contribution in [0.25, 0.3) is 0 Å². The fourth-order valence-corrected chi connectivity index (χ4v) is 1.69. The molecule has 3 heteroatoms. The Kier molecular flexibility index (Phi) is 7.39. The van der Waals surface area contributed by atoms with Crippen molar-refractivity contribution in [3.05, 3.63) is 0 Å². The summed E-state index contributed by atoms with van der Waals surface area (Å²) in [4.78, 5) is 11.5. The summed E-state index contributed by atoms with van der Waals surface area (Å²) < 4.78 is 4.71. The highest BCUT2D eigenvalue weighted by atomic mass is 16.5. The van der Waals surface area contributed by atoms with Crippen molar-refractivity contribution < 1.29 is 14.6 Å². The van der Waals surface area contributed by atoms with Crippen LogP contribution < -0.4 is 0 Å². The molecule has 0 spiro atoms. The third kappa shape index (κ3) is 5.78. The minimum Gasteiger partial charge on any atom is -0.469 e. The minimum atomic E-state index is -0.566. The third-order valence-electron chi connectivity index (χ3n) is 2.55. The molecule has 0 bridgehead atoms. The normalized spacial score (nSPS) is 15.1. The van der Waals surface area contributed by atoms with Gasteiger partial charge < -0.3 is 9.84 Å². The highest BCUT2D eigenvalue weighted by Gasteiger charge is 2.27. The molecule has 2 unspecified atom stereocenters. The number of aliphatic hydroxyl groups excluding tert-OH is 1. The molecule has 1 N–H and O–H groups in total. The molecule has 0 aliphatic carbocycles. The van der Waals surface area contributed by atoms with E-state index in [0.717, 1.165) is 19.3 Å². The van der Waals surface area contributed by atoms with Crippen molar-refractivity contribution >= 4 is 5.97 Å². The molecule has 90 valence electrons. The Morgan fingerprint density at radius 1 is 1.40 bits per heavy atom. The van der Waals surface area contributed by atoms with Crippen LogP contribution in [-0.2, 0) is 9.53 Å². The van der Waals surface area contributed by atoms with Crippen LogP contribution in [0.4, 0.5) is 0 Å². The van der Waals surface area contributed by atoms with Crippen LogP contribution in [-0.4, -0.2) is 24.3 Å². The van der Waals surface area contributed by atoms with E-state index in [1.807, 2.05) is 13.8 Å². The maximum absolute atomic E-state index is 11.5. The van der Waals surface area contributed by atoms with Crippen molar-refractivity contribution in [2.24, 2.45) is 11.8 Å². The van der Waals surface area contributed by atoms with Crippen LogP contribution in [0.2, 0.25) is 0 Å². The van der Waals surface area contributed by atoms with Gasteiger partial charge in [0.15, 0.2) is 0 Å². The zero-order valence-electron chi connectivity index (χ0n) is 10.3. The number of carbonyl (C=O) groups is 1. The summed E-state index contributed by atoms with van der Waals surface area (Å²) in [7, 11) is 1.38. The van der Waals surface area contributed by atoms with Gasteiger partial charge in [0.1, 0.15) is 0 Å². The van der Waals surface area contributed by atoms with Gasteiger partial charge in [0, 0.05) is 0 Å². The molecule has 0 amide bonds. The molecule has 0 aromatic heterocycles. The second-order valence-corrected chi connectivity index (χ2v) is 4.47. The third-order valence-corrected chi connectivity index (χ3v) is 2.55. The second-order valence-electron chi connectivity index (χ2n) is 4.47. The van der Waals surface area contributed by atoms with Crippen molar-refractivity contribution in [2.45, 2.75) is 52.6 Å². The Bertz CT molecular complexity index is 178. The number of aliphatic hydroxyl groups is 1. The maximum atomic E-state index is 11.5. The van der Waals surface area contributed by atoms with Gasteiger partial charge in [-0.05, 0) is 18.8 Å². The number of esters is 1. The summed E-state index contributed by atoms with van der Waals surface area (Å²) in [5.74, 6) is -0.234. The summed E-state index contributed by atoms with van der Waals surface area (Å²) in [5, 5.41) is 9.91. The molecule has 0 rings (SSSR count). The molecule has 0 aliphatic rings. The number of ether oxygens (including phenoxy) is 1. The number of hydrogen-bond donors (Lipinski definition) is 1. The Labute approximate surface area is 92.8 Å². The van der Waals surface area contributed by atoms with Gasteiger partial charge in [-0.1, -0.05) is 33.6 Å². The fraction of sp³-hybridized carbons (Fsp3) is 0.917. The minimum absolute atomic E-state index is 0.281. The standard InChI is InChI=1S/C12H24O3/c1-5-6-7-10(12(14)15-4)11(13)8-9(2)3/h9-11,13H,5-8H2,1-4H3. The molecule has 15 heavy (non-hydrogen) atoms. The van der Waals surface area contributed by atoms with Crippen molar-refractivity contribution in [1.29, 1.82) is 0 Å². The fourth-order valence-electron chi connectivity index (χ4n) is 1.69. The molecule has 0 aliphatic heterocycles. The lowest BCUT2D eigenvalue weighted by molar-refractivity contribution is -0.150. The zero-order chi connectivity index (χ0) is 11.8. The summed E-state index contributed by atoms with van der Waals surface area (Å²) >= 11 is 0. The van der Waals surface area contributed by atoms with Crippen molar-refractivity contribution in [3.8, 4) is 0 Å². The summed E-state index contributed by atoms with van der Waals surface area (Å²) in [6.45, 7) is 6.15. The number of hydrogen-bond acceptors (Lipinski definition) is 3. The average Bonchev–Trinajstić information content (AvgIpc) is 2.16. The van der Waals surface area contributed by atoms with E-state index in [9.17, 15) is 9.90 Å². The van der Waals surface area contributed by atoms with E-state index in [1.165, 1.54) is 7.11 Å². The van der Waals surface area contributed by atoms with Gasteiger partial charge in [-0.15, -0.1) is 0 Å². The highest BCUT2D eigenvalue weighted by Crippen LogP contribution is 2.20. The Hall–Kier alpha value is -0.570. The Balaban J connectivity index is 4.26. The molecular formula is C12H24O3. The lowest BCUT2D eigenvalue weighted by atomic mass is 9.90. The van der Waals surface area contributed by atoms with E-state index in [4.69, 9.17) is 4.74 Å². The lowest BCUT2D eigenvalue weighted by Crippen LogP contribution is -2.30. The quantitative estimate of drug-likeness (QED) is 0.665. The molecule has 0 saturated carbocycles. The first-order valence-electron chi connectivity index (χ1n) is 5.78. The number of carbonyl (C=O) groups excluding carboxylic acids is 1. The summed E-state index contributed by atoms with van der Waals surface area (Å²) in [6.07, 6.45) is 2.79. The lowest BCUT2D eigenvalue weighted by Gasteiger charge is -2.21. The summed E-state index contributed by atoms with van der Waals surface area (Å²) in [6, 6.07) is 0. The second kappa shape index (κ2) is 7.69. The first kappa shape index (κ1) is 14.4. The van der Waals surface area contributed by atoms with E-state index in [2.05, 4.69) is 6.92 Å². The van der Waals surface area contributed by atoms with Gasteiger partial charge in [0.2, 0.25) is 0 Å². The van der Waals surface area contributed by atoms with Crippen LogP contribution in [0.5, 0.6) is 0 Å². The van der Waals surface area contributed by atoms with Gasteiger partial charge in [-0.2, -0.15) is 0 Å². The number of rotatable bonds is 7. The number of unbranched alkanes of at least 4 members (excludes halogenated alkanes) is 1. The SMILES string of the molecule is CCCCC(C(=O)OC)C(O)CC(C)C. The van der Waals surface area contributed by atoms with Gasteiger partial charge in [0.05, 0.1) is 19.1 Å². The molecule has 0 heterocycles. The molecule has 0 radical (unpaired) electrons. The molecule has 0 aromatic rings. The predicted octanol–water partition coefficient (Wildman–Crippen LogP) is 2.37. The van der Waals surface area contributed by atoms with Gasteiger partial charge >= 0.3 is 5.97 Å². The average molecular weight is 216 g/mol. The van der Waals surface area contributed by atoms with Gasteiger partial charge in [-0.25, -0.2) is 0 Å². The van der Waals surface area contributed by atoms with Crippen molar-refractivity contribution in [1.82, 2.24) is 0 Å². The van der Waals surface area contributed by atoms with Crippen LogP contribution >= 0.6 is 0 Å². The van der Waals surface area contributed by atoms with Gasteiger partial charge in [0.25, 0.3) is 0 Å². The first-order valence-corrected chi connectivity index (χ1v) is 5.78. The Morgan fingerprint density at radius 2 is 2.00 bits per heavy atom. The van der Waals surface area contributed by atoms with Crippen molar-refractivity contribution in [2.75, 3.05) is 7.11 Å².